The Morgan fingerprint density at radius 3 is 2.29 bits per heavy atom. The monoisotopic (exact) mass is 501 g/mol. The highest BCUT2D eigenvalue weighted by molar-refractivity contribution is 7.92. The number of nitrogens with zero attached hydrogens (tertiary/aromatic N) is 2. The summed E-state index contributed by atoms with van der Waals surface area (Å²) in [5.74, 6) is -0.641. The molecule has 7 nitrogen and oxygen atoms in total. The van der Waals surface area contributed by atoms with Crippen LogP contribution in [-0.4, -0.2) is 50.5 Å². The van der Waals surface area contributed by atoms with E-state index in [1.54, 1.807) is 6.07 Å². The van der Waals surface area contributed by atoms with Gasteiger partial charge in [-0.25, -0.2) is 8.42 Å². The Balaban J connectivity index is 2.46. The molecule has 0 saturated carbocycles. The lowest BCUT2D eigenvalue weighted by Crippen LogP contribution is -2.52. The van der Waals surface area contributed by atoms with Gasteiger partial charge in [0.1, 0.15) is 12.6 Å². The van der Waals surface area contributed by atoms with Gasteiger partial charge in [0, 0.05) is 13.1 Å². The topological polar surface area (TPSA) is 86.8 Å². The van der Waals surface area contributed by atoms with Crippen LogP contribution < -0.4 is 9.62 Å². The molecule has 1 atom stereocenters. The smallest absolute Gasteiger partial charge is 0.244 e. The Morgan fingerprint density at radius 1 is 1.00 bits per heavy atom. The van der Waals surface area contributed by atoms with E-state index >= 15 is 0 Å². The van der Waals surface area contributed by atoms with Gasteiger partial charge in [0.15, 0.2) is 0 Å². The van der Waals surface area contributed by atoms with Crippen LogP contribution in [-0.2, 0) is 26.2 Å². The summed E-state index contributed by atoms with van der Waals surface area (Å²) in [7, 11) is -3.75. The Bertz CT molecular complexity index is 1130. The predicted octanol–water partition coefficient (Wildman–Crippen LogP) is 4.10. The van der Waals surface area contributed by atoms with E-state index in [1.807, 2.05) is 71.0 Å². The Morgan fingerprint density at radius 2 is 1.69 bits per heavy atom. The number of anilines is 1. The third-order valence-corrected chi connectivity index (χ3v) is 7.26. The minimum absolute atomic E-state index is 0.218. The fourth-order valence-electron chi connectivity index (χ4n) is 3.98. The van der Waals surface area contributed by atoms with Crippen LogP contribution in [0.4, 0.5) is 5.69 Å². The normalized spacial score (nSPS) is 12.2. The largest absolute Gasteiger partial charge is 0.354 e. The number of carbonyl (C=O) groups excluding carboxylic acids is 2. The number of hydrogen-bond donors (Lipinski definition) is 1. The van der Waals surface area contributed by atoms with E-state index < -0.39 is 22.0 Å². The maximum Gasteiger partial charge on any atom is 0.244 e. The predicted molar refractivity (Wildman–Crippen MR) is 142 cm³/mol. The molecule has 0 unspecified atom stereocenters. The molecule has 2 rings (SSSR count). The summed E-state index contributed by atoms with van der Waals surface area (Å²) in [6.45, 7) is 9.94. The second-order valence-corrected chi connectivity index (χ2v) is 11.0. The van der Waals surface area contributed by atoms with E-state index in [-0.39, 0.29) is 19.0 Å². The van der Waals surface area contributed by atoms with Crippen LogP contribution in [0, 0.1) is 20.8 Å². The summed E-state index contributed by atoms with van der Waals surface area (Å²) in [6.07, 6.45) is 3.31. The maximum absolute atomic E-state index is 13.8. The standard InChI is InChI=1S/C27H39N3O4S/c1-7-9-16-28-27(32)24(8-2)29(18-23-13-11-10-12-21(23)4)26(31)19-30(35(6,33)34)25-17-20(3)14-15-22(25)5/h10-15,17,24H,7-9,16,18-19H2,1-6H3,(H,28,32)/t24-/m1/s1. The number of sulfonamides is 1. The summed E-state index contributed by atoms with van der Waals surface area (Å²) in [6, 6.07) is 12.5. The van der Waals surface area contributed by atoms with Gasteiger partial charge in [0.2, 0.25) is 21.8 Å². The van der Waals surface area contributed by atoms with Crippen LogP contribution in [0.3, 0.4) is 0 Å². The fraction of sp³-hybridized carbons (Fsp3) is 0.481. The molecular weight excluding hydrogens is 462 g/mol. The summed E-state index contributed by atoms with van der Waals surface area (Å²) >= 11 is 0. The third kappa shape index (κ3) is 7.82. The number of hydrogen-bond acceptors (Lipinski definition) is 4. The number of carbonyl (C=O) groups is 2. The van der Waals surface area contributed by atoms with Gasteiger partial charge in [-0.15, -0.1) is 0 Å². The molecular formula is C27H39N3O4S. The molecule has 1 N–H and O–H groups in total. The zero-order chi connectivity index (χ0) is 26.2. The van der Waals surface area contributed by atoms with Crippen molar-refractivity contribution in [2.75, 3.05) is 23.7 Å². The van der Waals surface area contributed by atoms with Crippen LogP contribution in [0.25, 0.3) is 0 Å². The van der Waals surface area contributed by atoms with E-state index in [0.29, 0.717) is 18.7 Å². The van der Waals surface area contributed by atoms with E-state index in [4.69, 9.17) is 0 Å². The molecule has 35 heavy (non-hydrogen) atoms. The lowest BCUT2D eigenvalue weighted by Gasteiger charge is -2.33. The number of rotatable bonds is 12. The van der Waals surface area contributed by atoms with Crippen molar-refractivity contribution < 1.29 is 18.0 Å². The molecule has 0 aliphatic heterocycles. The molecule has 2 aromatic rings. The molecule has 0 heterocycles. The first-order valence-electron chi connectivity index (χ1n) is 12.2. The molecule has 0 spiro atoms. The highest BCUT2D eigenvalue weighted by Gasteiger charge is 2.32. The van der Waals surface area contributed by atoms with Crippen molar-refractivity contribution >= 4 is 27.5 Å². The van der Waals surface area contributed by atoms with E-state index in [1.165, 1.54) is 4.90 Å². The van der Waals surface area contributed by atoms with E-state index in [0.717, 1.165) is 45.7 Å². The molecule has 2 amide bonds. The molecule has 0 bridgehead atoms. The second kappa shape index (κ2) is 12.7. The summed E-state index contributed by atoms with van der Waals surface area (Å²) in [5.41, 5.74) is 4.03. The van der Waals surface area contributed by atoms with E-state index in [9.17, 15) is 18.0 Å². The number of unbranched alkanes of at least 4 members (excludes halogenated alkanes) is 1. The van der Waals surface area contributed by atoms with Crippen LogP contribution in [0.15, 0.2) is 42.5 Å². The maximum atomic E-state index is 13.8. The first kappa shape index (κ1) is 28.4. The van der Waals surface area contributed by atoms with Crippen molar-refractivity contribution in [1.29, 1.82) is 0 Å². The minimum Gasteiger partial charge on any atom is -0.354 e. The number of nitrogens with one attached hydrogen (secondary N) is 1. The van der Waals surface area contributed by atoms with Gasteiger partial charge in [-0.3, -0.25) is 13.9 Å². The molecule has 2 aromatic carbocycles. The van der Waals surface area contributed by atoms with Crippen molar-refractivity contribution in [3.05, 3.63) is 64.7 Å². The Kier molecular flexibility index (Phi) is 10.3. The Labute approximate surface area is 210 Å². The van der Waals surface area contributed by atoms with Crippen molar-refractivity contribution in [1.82, 2.24) is 10.2 Å². The molecule has 192 valence electrons. The van der Waals surface area contributed by atoms with Gasteiger partial charge in [0.05, 0.1) is 11.9 Å². The quantitative estimate of drug-likeness (QED) is 0.444. The average Bonchev–Trinajstić information content (AvgIpc) is 2.79. The molecule has 0 radical (unpaired) electrons. The molecule has 0 saturated heterocycles. The van der Waals surface area contributed by atoms with Crippen molar-refractivity contribution in [3.8, 4) is 0 Å². The summed E-state index contributed by atoms with van der Waals surface area (Å²) < 4.78 is 26.7. The third-order valence-electron chi connectivity index (χ3n) is 6.13. The molecule has 0 fully saturated rings. The first-order chi connectivity index (χ1) is 16.5. The lowest BCUT2D eigenvalue weighted by molar-refractivity contribution is -0.140. The van der Waals surface area contributed by atoms with Crippen LogP contribution in [0.1, 0.15) is 55.4 Å². The first-order valence-corrected chi connectivity index (χ1v) is 14.0. The van der Waals surface area contributed by atoms with Gasteiger partial charge in [0.25, 0.3) is 0 Å². The summed E-state index contributed by atoms with van der Waals surface area (Å²) in [4.78, 5) is 28.4. The van der Waals surface area contributed by atoms with E-state index in [2.05, 4.69) is 5.32 Å². The molecule has 8 heteroatoms. The fourth-order valence-corrected chi connectivity index (χ4v) is 4.88. The Hall–Kier alpha value is -2.87. The van der Waals surface area contributed by atoms with Crippen LogP contribution in [0.5, 0.6) is 0 Å². The van der Waals surface area contributed by atoms with Gasteiger partial charge in [-0.2, -0.15) is 0 Å². The molecule has 0 aliphatic rings. The number of aryl methyl sites for hydroxylation is 3. The molecule has 0 aliphatic carbocycles. The van der Waals surface area contributed by atoms with Crippen molar-refractivity contribution in [2.24, 2.45) is 0 Å². The SMILES string of the molecule is CCCCNC(=O)[C@@H](CC)N(Cc1ccccc1C)C(=O)CN(c1cc(C)ccc1C)S(C)(=O)=O. The van der Waals surface area contributed by atoms with Gasteiger partial charge < -0.3 is 10.2 Å². The van der Waals surface area contributed by atoms with Gasteiger partial charge >= 0.3 is 0 Å². The second-order valence-electron chi connectivity index (χ2n) is 9.08. The van der Waals surface area contributed by atoms with Crippen molar-refractivity contribution in [2.45, 2.75) is 66.5 Å². The van der Waals surface area contributed by atoms with Crippen LogP contribution in [0.2, 0.25) is 0 Å². The van der Waals surface area contributed by atoms with Crippen molar-refractivity contribution in [3.63, 3.8) is 0 Å². The highest BCUT2D eigenvalue weighted by Crippen LogP contribution is 2.25. The minimum atomic E-state index is -3.75. The number of amides is 2. The zero-order valence-electron chi connectivity index (χ0n) is 21.8. The lowest BCUT2D eigenvalue weighted by atomic mass is 10.1. The van der Waals surface area contributed by atoms with Crippen LogP contribution >= 0.6 is 0 Å². The van der Waals surface area contributed by atoms with Gasteiger partial charge in [-0.05, 0) is 61.9 Å². The average molecular weight is 502 g/mol. The molecule has 0 aromatic heterocycles. The zero-order valence-corrected chi connectivity index (χ0v) is 22.6. The van der Waals surface area contributed by atoms with Gasteiger partial charge in [-0.1, -0.05) is 56.7 Å². The number of benzene rings is 2. The summed E-state index contributed by atoms with van der Waals surface area (Å²) in [5, 5.41) is 2.94. The highest BCUT2D eigenvalue weighted by atomic mass is 32.2.